The maximum atomic E-state index is 12.5. The molecule has 3 aromatic rings. The molecule has 0 unspecified atom stereocenters. The number of benzene rings is 1. The van der Waals surface area contributed by atoms with Crippen LogP contribution in [0.5, 0.6) is 5.75 Å². The molecule has 0 radical (unpaired) electrons. The number of carbonyl (C=O) groups is 1. The molecular weight excluding hydrogens is 482 g/mol. The number of aliphatic carboxylic acids is 1. The van der Waals surface area contributed by atoms with Gasteiger partial charge < -0.3 is 14.6 Å². The van der Waals surface area contributed by atoms with Gasteiger partial charge in [-0.2, -0.15) is 0 Å². The number of rotatable bonds is 10. The molecule has 204 valence electrons. The second-order valence-corrected chi connectivity index (χ2v) is 10.7. The lowest BCUT2D eigenvalue weighted by Gasteiger charge is -2.41. The zero-order chi connectivity index (χ0) is 27.5. The SMILES string of the molecule is CC[C@@H]1CN(Cc2cc([C@](C)(OCc3cn(CC)nn3)C(C)(C)C(=O)O)ccc2C)Cc2ncccc2O1. The molecule has 9 nitrogen and oxygen atoms in total. The highest BCUT2D eigenvalue weighted by atomic mass is 16.5. The Balaban J connectivity index is 1.65. The number of pyridine rings is 1. The monoisotopic (exact) mass is 521 g/mol. The minimum Gasteiger partial charge on any atom is -0.487 e. The van der Waals surface area contributed by atoms with Crippen LogP contribution >= 0.6 is 0 Å². The second-order valence-electron chi connectivity index (χ2n) is 10.7. The normalized spacial score (nSPS) is 17.8. The minimum absolute atomic E-state index is 0.0695. The molecule has 2 atom stereocenters. The van der Waals surface area contributed by atoms with E-state index in [1.54, 1.807) is 24.7 Å². The van der Waals surface area contributed by atoms with Crippen LogP contribution in [0.4, 0.5) is 0 Å². The van der Waals surface area contributed by atoms with Crippen molar-refractivity contribution >= 4 is 5.97 Å². The molecule has 3 heterocycles. The summed E-state index contributed by atoms with van der Waals surface area (Å²) in [6.45, 7) is 14.5. The summed E-state index contributed by atoms with van der Waals surface area (Å²) in [7, 11) is 0. The van der Waals surface area contributed by atoms with Gasteiger partial charge in [-0.05, 0) is 69.9 Å². The van der Waals surface area contributed by atoms with Gasteiger partial charge in [0.05, 0.1) is 23.9 Å². The van der Waals surface area contributed by atoms with E-state index in [4.69, 9.17) is 9.47 Å². The topological polar surface area (TPSA) is 103 Å². The largest absolute Gasteiger partial charge is 0.487 e. The summed E-state index contributed by atoms with van der Waals surface area (Å²) in [5.41, 5.74) is 2.31. The highest BCUT2D eigenvalue weighted by Gasteiger charge is 2.49. The highest BCUT2D eigenvalue weighted by Crippen LogP contribution is 2.44. The van der Waals surface area contributed by atoms with Gasteiger partial charge in [-0.3, -0.25) is 19.4 Å². The first-order valence-electron chi connectivity index (χ1n) is 13.3. The van der Waals surface area contributed by atoms with E-state index < -0.39 is 17.0 Å². The summed E-state index contributed by atoms with van der Waals surface area (Å²) in [5, 5.41) is 18.5. The van der Waals surface area contributed by atoms with Crippen LogP contribution in [-0.4, -0.2) is 48.6 Å². The molecule has 0 spiro atoms. The fraction of sp³-hybridized carbons (Fsp3) is 0.517. The van der Waals surface area contributed by atoms with E-state index in [-0.39, 0.29) is 12.7 Å². The molecular formula is C29H39N5O4. The molecule has 38 heavy (non-hydrogen) atoms. The molecule has 9 heteroatoms. The quantitative estimate of drug-likeness (QED) is 0.409. The van der Waals surface area contributed by atoms with Gasteiger partial charge >= 0.3 is 5.97 Å². The summed E-state index contributed by atoms with van der Waals surface area (Å²) in [6.07, 6.45) is 4.59. The first-order valence-corrected chi connectivity index (χ1v) is 13.3. The summed E-state index contributed by atoms with van der Waals surface area (Å²) < 4.78 is 14.4. The number of aromatic nitrogens is 4. The van der Waals surface area contributed by atoms with E-state index in [1.165, 1.54) is 0 Å². The average molecular weight is 522 g/mol. The lowest BCUT2D eigenvalue weighted by Crippen LogP contribution is -2.47. The molecule has 0 saturated heterocycles. The number of nitrogens with zero attached hydrogens (tertiary/aromatic N) is 5. The van der Waals surface area contributed by atoms with Crippen molar-refractivity contribution in [2.75, 3.05) is 6.54 Å². The zero-order valence-corrected chi connectivity index (χ0v) is 23.3. The van der Waals surface area contributed by atoms with Gasteiger partial charge in [-0.15, -0.1) is 5.10 Å². The number of aryl methyl sites for hydroxylation is 2. The van der Waals surface area contributed by atoms with E-state index in [0.29, 0.717) is 25.3 Å². The zero-order valence-electron chi connectivity index (χ0n) is 23.3. The maximum Gasteiger partial charge on any atom is 0.312 e. The van der Waals surface area contributed by atoms with Crippen LogP contribution in [0, 0.1) is 12.3 Å². The maximum absolute atomic E-state index is 12.5. The van der Waals surface area contributed by atoms with Gasteiger partial charge in [0.15, 0.2) is 0 Å². The van der Waals surface area contributed by atoms with Crippen molar-refractivity contribution in [1.29, 1.82) is 0 Å². The van der Waals surface area contributed by atoms with Crippen LogP contribution in [0.1, 0.15) is 69.1 Å². The smallest absolute Gasteiger partial charge is 0.312 e. The number of carboxylic acid groups (broad SMARTS) is 1. The van der Waals surface area contributed by atoms with E-state index in [9.17, 15) is 9.90 Å². The third-order valence-corrected chi connectivity index (χ3v) is 7.87. The van der Waals surface area contributed by atoms with Crippen molar-refractivity contribution in [2.45, 2.75) is 85.9 Å². The first-order chi connectivity index (χ1) is 18.1. The Morgan fingerprint density at radius 2 is 2.03 bits per heavy atom. The van der Waals surface area contributed by atoms with E-state index in [0.717, 1.165) is 41.1 Å². The summed E-state index contributed by atoms with van der Waals surface area (Å²) in [4.78, 5) is 19.4. The molecule has 0 fully saturated rings. The Bertz CT molecular complexity index is 1270. The van der Waals surface area contributed by atoms with E-state index >= 15 is 0 Å². The van der Waals surface area contributed by atoms with Crippen molar-refractivity contribution in [1.82, 2.24) is 24.9 Å². The number of hydrogen-bond acceptors (Lipinski definition) is 7. The van der Waals surface area contributed by atoms with Gasteiger partial charge in [-0.25, -0.2) is 0 Å². The van der Waals surface area contributed by atoms with Gasteiger partial charge in [-0.1, -0.05) is 30.3 Å². The number of carboxylic acids is 1. The summed E-state index contributed by atoms with van der Waals surface area (Å²) in [5.74, 6) is -0.0889. The van der Waals surface area contributed by atoms with Gasteiger partial charge in [0.25, 0.3) is 0 Å². The number of fused-ring (bicyclic) bond motifs is 1. The van der Waals surface area contributed by atoms with Crippen LogP contribution in [-0.2, 0) is 41.4 Å². The van der Waals surface area contributed by atoms with Crippen molar-refractivity contribution < 1.29 is 19.4 Å². The number of ether oxygens (including phenoxy) is 2. The summed E-state index contributed by atoms with van der Waals surface area (Å²) >= 11 is 0. The van der Waals surface area contributed by atoms with Crippen LogP contribution in [0.3, 0.4) is 0 Å². The molecule has 0 saturated carbocycles. The van der Waals surface area contributed by atoms with Gasteiger partial charge in [0, 0.05) is 32.4 Å². The van der Waals surface area contributed by atoms with Gasteiger partial charge in [0.2, 0.25) is 0 Å². The molecule has 4 rings (SSSR count). The Labute approximate surface area is 224 Å². The Morgan fingerprint density at radius 1 is 1.24 bits per heavy atom. The molecule has 2 aromatic heterocycles. The lowest BCUT2D eigenvalue weighted by atomic mass is 9.71. The molecule has 0 amide bonds. The third-order valence-electron chi connectivity index (χ3n) is 7.87. The molecule has 1 N–H and O–H groups in total. The Morgan fingerprint density at radius 3 is 2.71 bits per heavy atom. The van der Waals surface area contributed by atoms with Crippen LogP contribution < -0.4 is 4.74 Å². The Kier molecular flexibility index (Phi) is 8.18. The predicted molar refractivity (Wildman–Crippen MR) is 143 cm³/mol. The molecule has 0 bridgehead atoms. The molecule has 0 aliphatic carbocycles. The Hall–Kier alpha value is -3.30. The lowest BCUT2D eigenvalue weighted by molar-refractivity contribution is -0.177. The molecule has 1 aliphatic rings. The number of hydrogen-bond donors (Lipinski definition) is 1. The average Bonchev–Trinajstić information content (AvgIpc) is 3.29. The standard InChI is InChI=1S/C29H39N5O4/c1-7-24-17-33(18-25-26(38-24)10-9-13-30-25)15-21-14-22(12-11-20(21)3)29(6,28(4,5)27(35)36)37-19-23-16-34(8-2)32-31-23/h9-14,16,24H,7-8,15,17-19H2,1-6H3,(H,35,36)/t24-,29+/m1/s1. The van der Waals surface area contributed by atoms with Crippen molar-refractivity contribution in [2.24, 2.45) is 5.41 Å². The van der Waals surface area contributed by atoms with Crippen molar-refractivity contribution in [3.63, 3.8) is 0 Å². The summed E-state index contributed by atoms with van der Waals surface area (Å²) in [6, 6.07) is 10.0. The fourth-order valence-corrected chi connectivity index (χ4v) is 4.75. The first kappa shape index (κ1) is 27.7. The van der Waals surface area contributed by atoms with Crippen LogP contribution in [0.15, 0.2) is 42.7 Å². The van der Waals surface area contributed by atoms with Crippen molar-refractivity contribution in [3.8, 4) is 5.75 Å². The van der Waals surface area contributed by atoms with Crippen LogP contribution in [0.2, 0.25) is 0 Å². The molecule has 1 aromatic carbocycles. The van der Waals surface area contributed by atoms with Crippen LogP contribution in [0.25, 0.3) is 0 Å². The third kappa shape index (κ3) is 5.59. The predicted octanol–water partition coefficient (Wildman–Crippen LogP) is 4.72. The molecule has 1 aliphatic heterocycles. The highest BCUT2D eigenvalue weighted by molar-refractivity contribution is 5.75. The van der Waals surface area contributed by atoms with Crippen molar-refractivity contribution in [3.05, 3.63) is 70.8 Å². The van der Waals surface area contributed by atoms with E-state index in [1.807, 2.05) is 38.2 Å². The second kappa shape index (κ2) is 11.2. The fourth-order valence-electron chi connectivity index (χ4n) is 4.75. The van der Waals surface area contributed by atoms with Gasteiger partial charge in [0.1, 0.15) is 23.1 Å². The minimum atomic E-state index is -1.22. The van der Waals surface area contributed by atoms with E-state index in [2.05, 4.69) is 46.2 Å².